The maximum atomic E-state index is 12.1. The lowest BCUT2D eigenvalue weighted by atomic mass is 9.93. The lowest BCUT2D eigenvalue weighted by molar-refractivity contribution is -0.121. The Hall–Kier alpha value is -1.06. The maximum Gasteiger partial charge on any atom is 0.317 e. The highest BCUT2D eigenvalue weighted by atomic mass is 16.2. The van der Waals surface area contributed by atoms with E-state index in [2.05, 4.69) is 5.32 Å². The van der Waals surface area contributed by atoms with Crippen LogP contribution < -0.4 is 5.32 Å². The van der Waals surface area contributed by atoms with Gasteiger partial charge in [-0.15, -0.1) is 0 Å². The Morgan fingerprint density at radius 1 is 1.11 bits per heavy atom. The van der Waals surface area contributed by atoms with Gasteiger partial charge in [-0.05, 0) is 25.7 Å². The molecule has 0 saturated heterocycles. The number of hydrogen-bond donors (Lipinski definition) is 1. The van der Waals surface area contributed by atoms with Crippen molar-refractivity contribution in [3.8, 4) is 0 Å². The van der Waals surface area contributed by atoms with Crippen molar-refractivity contribution >= 4 is 11.8 Å². The molecule has 0 bridgehead atoms. The van der Waals surface area contributed by atoms with Gasteiger partial charge < -0.3 is 10.2 Å². The molecule has 4 heteroatoms. The first-order valence-electron chi connectivity index (χ1n) is 7.22. The van der Waals surface area contributed by atoms with Crippen molar-refractivity contribution in [1.29, 1.82) is 0 Å². The molecule has 0 heterocycles. The van der Waals surface area contributed by atoms with Crippen LogP contribution in [0.5, 0.6) is 0 Å². The zero-order valence-electron chi connectivity index (χ0n) is 11.3. The average Bonchev–Trinajstić information content (AvgIpc) is 2.40. The van der Waals surface area contributed by atoms with Crippen LogP contribution in [0.3, 0.4) is 0 Å². The molecule has 2 saturated carbocycles. The predicted octanol–water partition coefficient (Wildman–Crippen LogP) is 2.47. The molecular weight excluding hydrogens is 228 g/mol. The number of nitrogens with zero attached hydrogens (tertiary/aromatic N) is 1. The fraction of sp³-hybridized carbons (Fsp3) is 0.857. The van der Waals surface area contributed by atoms with Gasteiger partial charge in [0.05, 0.1) is 0 Å². The number of Topliss-reactive ketones (excluding diaryl/α,β-unsaturated/α-hetero) is 1. The zero-order chi connectivity index (χ0) is 13.0. The van der Waals surface area contributed by atoms with Gasteiger partial charge in [-0.3, -0.25) is 4.79 Å². The molecule has 0 unspecified atom stereocenters. The van der Waals surface area contributed by atoms with E-state index in [1.807, 2.05) is 7.05 Å². The predicted molar refractivity (Wildman–Crippen MR) is 70.4 cm³/mol. The summed E-state index contributed by atoms with van der Waals surface area (Å²) in [6.45, 7) is 0. The number of amides is 2. The van der Waals surface area contributed by atoms with Gasteiger partial charge in [-0.1, -0.05) is 19.3 Å². The second-order valence-corrected chi connectivity index (χ2v) is 5.67. The number of carbonyl (C=O) groups is 2. The molecule has 2 aliphatic carbocycles. The van der Waals surface area contributed by atoms with Crippen molar-refractivity contribution in [3.63, 3.8) is 0 Å². The highest BCUT2D eigenvalue weighted by Crippen LogP contribution is 2.21. The van der Waals surface area contributed by atoms with E-state index in [0.717, 1.165) is 25.7 Å². The molecule has 0 aliphatic heterocycles. The summed E-state index contributed by atoms with van der Waals surface area (Å²) in [7, 11) is 1.86. The third kappa shape index (κ3) is 3.47. The van der Waals surface area contributed by atoms with Crippen LogP contribution in [0.1, 0.15) is 57.8 Å². The molecular formula is C14H24N2O2. The van der Waals surface area contributed by atoms with Gasteiger partial charge in [-0.2, -0.15) is 0 Å². The van der Waals surface area contributed by atoms with Crippen LogP contribution >= 0.6 is 0 Å². The molecule has 0 atom stereocenters. The number of carbonyl (C=O) groups excluding carboxylic acids is 2. The Morgan fingerprint density at radius 3 is 2.33 bits per heavy atom. The van der Waals surface area contributed by atoms with Crippen LogP contribution in [0.2, 0.25) is 0 Å². The van der Waals surface area contributed by atoms with Crippen molar-refractivity contribution in [3.05, 3.63) is 0 Å². The molecule has 102 valence electrons. The quantitative estimate of drug-likeness (QED) is 0.820. The van der Waals surface area contributed by atoms with Crippen molar-refractivity contribution in [2.24, 2.45) is 0 Å². The first kappa shape index (κ1) is 13.4. The molecule has 2 fully saturated rings. The molecule has 2 amide bonds. The first-order chi connectivity index (χ1) is 8.66. The Labute approximate surface area is 109 Å². The molecule has 2 rings (SSSR count). The van der Waals surface area contributed by atoms with Crippen LogP contribution in [-0.4, -0.2) is 35.8 Å². The number of urea groups is 1. The standard InChI is InChI=1S/C14H24N2O2/c1-16(12-7-9-13(17)10-8-12)14(18)15-11-5-3-2-4-6-11/h11-12H,2-10H2,1H3,(H,15,18). The minimum atomic E-state index is 0.0428. The fourth-order valence-electron chi connectivity index (χ4n) is 3.00. The van der Waals surface area contributed by atoms with E-state index >= 15 is 0 Å². The van der Waals surface area contributed by atoms with E-state index in [1.54, 1.807) is 4.90 Å². The van der Waals surface area contributed by atoms with Crippen molar-refractivity contribution in [2.75, 3.05) is 7.05 Å². The second kappa shape index (κ2) is 6.21. The summed E-state index contributed by atoms with van der Waals surface area (Å²) in [6, 6.07) is 0.645. The summed E-state index contributed by atoms with van der Waals surface area (Å²) in [6.07, 6.45) is 8.90. The summed E-state index contributed by atoms with van der Waals surface area (Å²) < 4.78 is 0. The van der Waals surface area contributed by atoms with E-state index < -0.39 is 0 Å². The molecule has 18 heavy (non-hydrogen) atoms. The highest BCUT2D eigenvalue weighted by Gasteiger charge is 2.26. The summed E-state index contributed by atoms with van der Waals surface area (Å²) in [5.41, 5.74) is 0. The van der Waals surface area contributed by atoms with E-state index in [0.29, 0.717) is 24.7 Å². The lowest BCUT2D eigenvalue weighted by Crippen LogP contribution is -2.48. The van der Waals surface area contributed by atoms with E-state index in [-0.39, 0.29) is 12.1 Å². The normalized spacial score (nSPS) is 22.8. The SMILES string of the molecule is CN(C(=O)NC1CCCCC1)C1CCC(=O)CC1. The number of ketones is 1. The molecule has 0 aromatic rings. The van der Waals surface area contributed by atoms with E-state index in [4.69, 9.17) is 0 Å². The monoisotopic (exact) mass is 252 g/mol. The van der Waals surface area contributed by atoms with Gasteiger partial charge >= 0.3 is 6.03 Å². The topological polar surface area (TPSA) is 49.4 Å². The number of hydrogen-bond acceptors (Lipinski definition) is 2. The average molecular weight is 252 g/mol. The van der Waals surface area contributed by atoms with Crippen LogP contribution in [-0.2, 0) is 4.79 Å². The number of nitrogens with one attached hydrogen (secondary N) is 1. The van der Waals surface area contributed by atoms with Gasteiger partial charge in [0.15, 0.2) is 0 Å². The van der Waals surface area contributed by atoms with Crippen LogP contribution in [0, 0.1) is 0 Å². The minimum Gasteiger partial charge on any atom is -0.335 e. The largest absolute Gasteiger partial charge is 0.335 e. The van der Waals surface area contributed by atoms with Gasteiger partial charge in [0.1, 0.15) is 5.78 Å². The third-order valence-corrected chi connectivity index (χ3v) is 4.31. The maximum absolute atomic E-state index is 12.1. The van der Waals surface area contributed by atoms with Crippen molar-refractivity contribution in [1.82, 2.24) is 10.2 Å². The van der Waals surface area contributed by atoms with E-state index in [1.165, 1.54) is 19.3 Å². The fourth-order valence-corrected chi connectivity index (χ4v) is 3.00. The van der Waals surface area contributed by atoms with Crippen LogP contribution in [0.4, 0.5) is 4.79 Å². The Kier molecular flexibility index (Phi) is 4.61. The Balaban J connectivity index is 1.78. The molecule has 0 aromatic carbocycles. The zero-order valence-corrected chi connectivity index (χ0v) is 11.3. The highest BCUT2D eigenvalue weighted by molar-refractivity contribution is 5.80. The van der Waals surface area contributed by atoms with Crippen LogP contribution in [0.15, 0.2) is 0 Å². The third-order valence-electron chi connectivity index (χ3n) is 4.31. The first-order valence-corrected chi connectivity index (χ1v) is 7.22. The summed E-state index contributed by atoms with van der Waals surface area (Å²) in [4.78, 5) is 25.1. The molecule has 4 nitrogen and oxygen atoms in total. The van der Waals surface area contributed by atoms with Gasteiger partial charge in [0.25, 0.3) is 0 Å². The lowest BCUT2D eigenvalue weighted by Gasteiger charge is -2.33. The molecule has 0 radical (unpaired) electrons. The summed E-state index contributed by atoms with van der Waals surface area (Å²) in [5.74, 6) is 0.340. The van der Waals surface area contributed by atoms with Crippen LogP contribution in [0.25, 0.3) is 0 Å². The van der Waals surface area contributed by atoms with Crippen molar-refractivity contribution in [2.45, 2.75) is 69.9 Å². The van der Waals surface area contributed by atoms with Crippen molar-refractivity contribution < 1.29 is 9.59 Å². The van der Waals surface area contributed by atoms with Gasteiger partial charge in [0, 0.05) is 32.0 Å². The smallest absolute Gasteiger partial charge is 0.317 e. The minimum absolute atomic E-state index is 0.0428. The Morgan fingerprint density at radius 2 is 1.72 bits per heavy atom. The molecule has 2 aliphatic rings. The molecule has 0 spiro atoms. The summed E-state index contributed by atoms with van der Waals surface area (Å²) in [5, 5.41) is 3.13. The summed E-state index contributed by atoms with van der Waals surface area (Å²) >= 11 is 0. The number of rotatable bonds is 2. The van der Waals surface area contributed by atoms with Gasteiger partial charge in [0.2, 0.25) is 0 Å². The van der Waals surface area contributed by atoms with E-state index in [9.17, 15) is 9.59 Å². The second-order valence-electron chi connectivity index (χ2n) is 5.67. The molecule has 1 N–H and O–H groups in total. The van der Waals surface area contributed by atoms with Gasteiger partial charge in [-0.25, -0.2) is 4.79 Å². The molecule has 0 aromatic heterocycles. The Bertz CT molecular complexity index is 301.